The number of aliphatic hydroxyl groups is 1. The number of carbonyl (C=O) groups is 1. The van der Waals surface area contributed by atoms with Crippen molar-refractivity contribution in [3.63, 3.8) is 0 Å². The molecule has 1 aromatic heterocycles. The number of carbonyl (C=O) groups excluding carboxylic acids is 1. The van der Waals surface area contributed by atoms with E-state index in [2.05, 4.69) is 21.2 Å². The van der Waals surface area contributed by atoms with Crippen molar-refractivity contribution in [2.24, 2.45) is 0 Å². The van der Waals surface area contributed by atoms with Gasteiger partial charge in [-0.25, -0.2) is 0 Å². The number of hydrogen-bond acceptors (Lipinski definition) is 2. The fourth-order valence-corrected chi connectivity index (χ4v) is 1.93. The molecule has 2 rings (SSSR count). The molecule has 13 heavy (non-hydrogen) atoms. The van der Waals surface area contributed by atoms with E-state index in [1.807, 2.05) is 10.8 Å². The van der Waals surface area contributed by atoms with Gasteiger partial charge in [-0.1, -0.05) is 0 Å². The lowest BCUT2D eigenvalue weighted by atomic mass is 10.2. The Morgan fingerprint density at radius 1 is 1.77 bits per heavy atom. The van der Waals surface area contributed by atoms with Crippen molar-refractivity contribution in [2.75, 3.05) is 6.61 Å². The molecule has 0 fully saturated rings. The standard InChI is InChI=1S/C8H9BrN2O2/c9-5-1-7-8(13)10-6(4-12)3-11(7)2-5/h1-2,6,12H,3-4H2,(H,10,13)/t6-/m1/s1. The minimum absolute atomic E-state index is 0.0268. The topological polar surface area (TPSA) is 54.3 Å². The summed E-state index contributed by atoms with van der Waals surface area (Å²) in [6.45, 7) is 0.601. The van der Waals surface area contributed by atoms with Crippen LogP contribution in [0.15, 0.2) is 16.7 Å². The van der Waals surface area contributed by atoms with E-state index in [1.165, 1.54) is 0 Å². The van der Waals surface area contributed by atoms with Gasteiger partial charge in [0.25, 0.3) is 5.91 Å². The summed E-state index contributed by atoms with van der Waals surface area (Å²) in [5.41, 5.74) is 0.636. The van der Waals surface area contributed by atoms with Crippen molar-refractivity contribution in [3.05, 3.63) is 22.4 Å². The Morgan fingerprint density at radius 2 is 2.54 bits per heavy atom. The molecule has 0 unspecified atom stereocenters. The van der Waals surface area contributed by atoms with Crippen LogP contribution >= 0.6 is 15.9 Å². The quantitative estimate of drug-likeness (QED) is 0.750. The summed E-state index contributed by atoms with van der Waals surface area (Å²) in [5.74, 6) is -0.129. The van der Waals surface area contributed by atoms with E-state index in [1.54, 1.807) is 6.07 Å². The highest BCUT2D eigenvalue weighted by Crippen LogP contribution is 2.18. The number of nitrogens with zero attached hydrogens (tertiary/aromatic N) is 1. The fraction of sp³-hybridized carbons (Fsp3) is 0.375. The van der Waals surface area contributed by atoms with Gasteiger partial charge in [0.1, 0.15) is 5.69 Å². The summed E-state index contributed by atoms with van der Waals surface area (Å²) < 4.78 is 2.72. The lowest BCUT2D eigenvalue weighted by molar-refractivity contribution is 0.0870. The predicted molar refractivity (Wildman–Crippen MR) is 50.5 cm³/mol. The largest absolute Gasteiger partial charge is 0.394 e. The number of aliphatic hydroxyl groups excluding tert-OH is 1. The zero-order chi connectivity index (χ0) is 9.42. The van der Waals surface area contributed by atoms with Gasteiger partial charge >= 0.3 is 0 Å². The second kappa shape index (κ2) is 3.16. The van der Waals surface area contributed by atoms with Crippen molar-refractivity contribution in [1.29, 1.82) is 0 Å². The first kappa shape index (κ1) is 8.77. The van der Waals surface area contributed by atoms with Crippen molar-refractivity contribution < 1.29 is 9.90 Å². The fourth-order valence-electron chi connectivity index (χ4n) is 1.46. The predicted octanol–water partition coefficient (Wildman–Crippen LogP) is 0.355. The van der Waals surface area contributed by atoms with Crippen LogP contribution in [0.2, 0.25) is 0 Å². The van der Waals surface area contributed by atoms with E-state index in [4.69, 9.17) is 5.11 Å². The highest BCUT2D eigenvalue weighted by atomic mass is 79.9. The molecular weight excluding hydrogens is 236 g/mol. The summed E-state index contributed by atoms with van der Waals surface area (Å²) in [6.07, 6.45) is 1.84. The molecule has 0 saturated heterocycles. The average molecular weight is 245 g/mol. The summed E-state index contributed by atoms with van der Waals surface area (Å²) >= 11 is 3.30. The van der Waals surface area contributed by atoms with Crippen LogP contribution in [0.3, 0.4) is 0 Å². The molecule has 1 aromatic rings. The third-order valence-corrected chi connectivity index (χ3v) is 2.50. The van der Waals surface area contributed by atoms with E-state index in [0.29, 0.717) is 12.2 Å². The number of amides is 1. The van der Waals surface area contributed by atoms with Gasteiger partial charge in [-0.05, 0) is 22.0 Å². The SMILES string of the molecule is O=C1N[C@@H](CO)Cn2cc(Br)cc21. The van der Waals surface area contributed by atoms with Gasteiger partial charge in [0.05, 0.1) is 12.6 Å². The molecule has 1 aliphatic heterocycles. The molecule has 0 aliphatic carbocycles. The van der Waals surface area contributed by atoms with Gasteiger partial charge in [-0.3, -0.25) is 4.79 Å². The van der Waals surface area contributed by atoms with Crippen LogP contribution in [-0.2, 0) is 6.54 Å². The molecule has 70 valence electrons. The van der Waals surface area contributed by atoms with Crippen LogP contribution in [0.25, 0.3) is 0 Å². The molecule has 1 atom stereocenters. The summed E-state index contributed by atoms with van der Waals surface area (Å²) in [4.78, 5) is 11.4. The Bertz CT molecular complexity index is 348. The number of fused-ring (bicyclic) bond motifs is 1. The third kappa shape index (κ3) is 1.49. The molecule has 0 saturated carbocycles. The first-order valence-electron chi connectivity index (χ1n) is 3.98. The Labute approximate surface area is 83.7 Å². The summed E-state index contributed by atoms with van der Waals surface area (Å²) in [5, 5.41) is 11.6. The van der Waals surface area contributed by atoms with Gasteiger partial charge < -0.3 is 15.0 Å². The van der Waals surface area contributed by atoms with Gasteiger partial charge in [0, 0.05) is 17.2 Å². The van der Waals surface area contributed by atoms with Crippen LogP contribution in [0.1, 0.15) is 10.5 Å². The van der Waals surface area contributed by atoms with Gasteiger partial charge in [0.2, 0.25) is 0 Å². The van der Waals surface area contributed by atoms with Crippen LogP contribution in [0.4, 0.5) is 0 Å². The van der Waals surface area contributed by atoms with Gasteiger partial charge in [-0.2, -0.15) is 0 Å². The normalized spacial score (nSPS) is 21.1. The van der Waals surface area contributed by atoms with Gasteiger partial charge in [0.15, 0.2) is 0 Å². The van der Waals surface area contributed by atoms with Crippen LogP contribution in [0, 0.1) is 0 Å². The minimum atomic E-state index is -0.167. The summed E-state index contributed by atoms with van der Waals surface area (Å²) in [6, 6.07) is 1.60. The monoisotopic (exact) mass is 244 g/mol. The molecule has 0 aromatic carbocycles. The zero-order valence-electron chi connectivity index (χ0n) is 6.83. The van der Waals surface area contributed by atoms with Gasteiger partial charge in [-0.15, -0.1) is 0 Å². The first-order valence-corrected chi connectivity index (χ1v) is 4.77. The minimum Gasteiger partial charge on any atom is -0.394 e. The molecule has 0 radical (unpaired) electrons. The van der Waals surface area contributed by atoms with E-state index >= 15 is 0 Å². The Kier molecular flexibility index (Phi) is 2.13. The smallest absolute Gasteiger partial charge is 0.268 e. The maximum Gasteiger partial charge on any atom is 0.268 e. The zero-order valence-corrected chi connectivity index (χ0v) is 8.41. The third-order valence-electron chi connectivity index (χ3n) is 2.07. The van der Waals surface area contributed by atoms with Crippen molar-refractivity contribution in [1.82, 2.24) is 9.88 Å². The Hall–Kier alpha value is -0.810. The molecule has 4 nitrogen and oxygen atoms in total. The maximum absolute atomic E-state index is 11.4. The first-order chi connectivity index (χ1) is 6.20. The number of aromatic nitrogens is 1. The second-order valence-corrected chi connectivity index (χ2v) is 3.96. The number of rotatable bonds is 1. The van der Waals surface area contributed by atoms with E-state index in [-0.39, 0.29) is 18.6 Å². The van der Waals surface area contributed by atoms with Crippen molar-refractivity contribution >= 4 is 21.8 Å². The molecule has 0 spiro atoms. The van der Waals surface area contributed by atoms with Crippen molar-refractivity contribution in [2.45, 2.75) is 12.6 Å². The Balaban J connectivity index is 2.36. The van der Waals surface area contributed by atoms with E-state index in [9.17, 15) is 4.79 Å². The molecule has 1 aliphatic rings. The summed E-state index contributed by atoms with van der Waals surface area (Å²) in [7, 11) is 0. The molecule has 1 amide bonds. The highest BCUT2D eigenvalue weighted by Gasteiger charge is 2.23. The average Bonchev–Trinajstić information content (AvgIpc) is 2.46. The molecule has 2 heterocycles. The Morgan fingerprint density at radius 3 is 3.23 bits per heavy atom. The maximum atomic E-state index is 11.4. The lowest BCUT2D eigenvalue weighted by Crippen LogP contribution is -2.45. The molecule has 5 heteroatoms. The van der Waals surface area contributed by atoms with Crippen LogP contribution in [0.5, 0.6) is 0 Å². The van der Waals surface area contributed by atoms with Crippen LogP contribution < -0.4 is 5.32 Å². The lowest BCUT2D eigenvalue weighted by Gasteiger charge is -2.23. The highest BCUT2D eigenvalue weighted by molar-refractivity contribution is 9.10. The van der Waals surface area contributed by atoms with Crippen LogP contribution in [-0.4, -0.2) is 28.2 Å². The number of hydrogen-bond donors (Lipinski definition) is 2. The number of halogens is 1. The molecule has 2 N–H and O–H groups in total. The van der Waals surface area contributed by atoms with E-state index < -0.39 is 0 Å². The van der Waals surface area contributed by atoms with E-state index in [0.717, 1.165) is 4.47 Å². The van der Waals surface area contributed by atoms with Crippen molar-refractivity contribution in [3.8, 4) is 0 Å². The number of nitrogens with one attached hydrogen (secondary N) is 1. The second-order valence-electron chi connectivity index (χ2n) is 3.05. The molecular formula is C8H9BrN2O2. The molecule has 0 bridgehead atoms.